The van der Waals surface area contributed by atoms with Crippen molar-refractivity contribution in [1.82, 2.24) is 9.55 Å². The number of benzene rings is 1. The molecule has 3 rings (SSSR count). The van der Waals surface area contributed by atoms with E-state index in [4.69, 9.17) is 4.74 Å². The molecule has 0 radical (unpaired) electrons. The van der Waals surface area contributed by atoms with E-state index >= 15 is 0 Å². The summed E-state index contributed by atoms with van der Waals surface area (Å²) in [5.74, 6) is 0.176. The van der Waals surface area contributed by atoms with Crippen molar-refractivity contribution in [2.24, 2.45) is 0 Å². The number of nitrogens with zero attached hydrogens (tertiary/aromatic N) is 3. The summed E-state index contributed by atoms with van der Waals surface area (Å²) in [4.78, 5) is 30.0. The second kappa shape index (κ2) is 5.05. The van der Waals surface area contributed by atoms with Crippen LogP contribution >= 0.6 is 0 Å². The molecule has 0 N–H and O–H groups in total. The van der Waals surface area contributed by atoms with Gasteiger partial charge in [0.15, 0.2) is 6.61 Å². The first kappa shape index (κ1) is 13.4. The lowest BCUT2D eigenvalue weighted by molar-refractivity contribution is -0.121. The summed E-state index contributed by atoms with van der Waals surface area (Å²) in [5.41, 5.74) is 1.63. The number of anilines is 1. The molecule has 0 saturated carbocycles. The number of fused-ring (bicyclic) bond motifs is 1. The lowest BCUT2D eigenvalue weighted by atomic mass is 10.1. The largest absolute Gasteiger partial charge is 0.482 e. The molecule has 2 heterocycles. The van der Waals surface area contributed by atoms with Crippen molar-refractivity contribution in [2.45, 2.75) is 19.9 Å². The molecule has 0 fully saturated rings. The fourth-order valence-electron chi connectivity index (χ4n) is 2.42. The highest BCUT2D eigenvalue weighted by Gasteiger charge is 2.33. The van der Waals surface area contributed by atoms with E-state index < -0.39 is 6.04 Å². The number of amides is 1. The topological polar surface area (TPSA) is 64.4 Å². The first-order valence-corrected chi connectivity index (χ1v) is 6.65. The Labute approximate surface area is 122 Å². The fourth-order valence-corrected chi connectivity index (χ4v) is 2.42. The van der Waals surface area contributed by atoms with Crippen molar-refractivity contribution in [3.05, 3.63) is 42.5 Å². The van der Waals surface area contributed by atoms with Gasteiger partial charge in [-0.1, -0.05) is 6.07 Å². The van der Waals surface area contributed by atoms with Gasteiger partial charge in [-0.25, -0.2) is 4.98 Å². The number of aromatic nitrogens is 2. The molecule has 0 bridgehead atoms. The molecule has 1 atom stereocenters. The monoisotopic (exact) mass is 285 g/mol. The van der Waals surface area contributed by atoms with Gasteiger partial charge in [-0.3, -0.25) is 19.1 Å². The number of carbonyl (C=O) groups is 2. The number of imidazole rings is 1. The Morgan fingerprint density at radius 1 is 1.43 bits per heavy atom. The zero-order chi connectivity index (χ0) is 15.0. The van der Waals surface area contributed by atoms with Gasteiger partial charge in [-0.15, -0.1) is 0 Å². The smallest absolute Gasteiger partial charge is 0.265 e. The van der Waals surface area contributed by atoms with E-state index in [2.05, 4.69) is 4.98 Å². The van der Waals surface area contributed by atoms with Crippen molar-refractivity contribution in [3.63, 3.8) is 0 Å². The second-order valence-electron chi connectivity index (χ2n) is 5.01. The van der Waals surface area contributed by atoms with Gasteiger partial charge in [0, 0.05) is 12.4 Å². The van der Waals surface area contributed by atoms with Crippen molar-refractivity contribution in [3.8, 4) is 5.75 Å². The highest BCUT2D eigenvalue weighted by Crippen LogP contribution is 2.34. The average Bonchev–Trinajstić information content (AvgIpc) is 2.99. The van der Waals surface area contributed by atoms with E-state index in [9.17, 15) is 9.59 Å². The van der Waals surface area contributed by atoms with Gasteiger partial charge in [0.05, 0.1) is 5.69 Å². The highest BCUT2D eigenvalue weighted by atomic mass is 16.5. The minimum atomic E-state index is -0.629. The molecule has 1 aliphatic rings. The number of carbonyl (C=O) groups excluding carboxylic acids is 2. The van der Waals surface area contributed by atoms with Crippen LogP contribution in [0.4, 0.5) is 5.69 Å². The van der Waals surface area contributed by atoms with Crippen LogP contribution in [0, 0.1) is 6.92 Å². The number of hydrogen-bond acceptors (Lipinski definition) is 4. The van der Waals surface area contributed by atoms with Gasteiger partial charge >= 0.3 is 0 Å². The third-order valence-corrected chi connectivity index (χ3v) is 3.50. The van der Waals surface area contributed by atoms with Crippen LogP contribution in [0.15, 0.2) is 36.9 Å². The molecule has 2 aromatic rings. The molecule has 6 nitrogen and oxygen atoms in total. The van der Waals surface area contributed by atoms with Gasteiger partial charge in [-0.2, -0.15) is 0 Å². The second-order valence-corrected chi connectivity index (χ2v) is 5.01. The first-order chi connectivity index (χ1) is 10.1. The average molecular weight is 285 g/mol. The summed E-state index contributed by atoms with van der Waals surface area (Å²) >= 11 is 0. The molecule has 1 aliphatic heterocycles. The van der Waals surface area contributed by atoms with Gasteiger partial charge in [0.25, 0.3) is 11.8 Å². The molecular formula is C15H15N3O3. The lowest BCUT2D eigenvalue weighted by Crippen LogP contribution is -2.49. The van der Waals surface area contributed by atoms with Crippen LogP contribution in [-0.2, 0) is 4.79 Å². The molecule has 0 aliphatic carbocycles. The maximum Gasteiger partial charge on any atom is 0.265 e. The van der Waals surface area contributed by atoms with Crippen LogP contribution in [0.1, 0.15) is 17.3 Å². The van der Waals surface area contributed by atoms with Crippen LogP contribution in [0.5, 0.6) is 5.75 Å². The van der Waals surface area contributed by atoms with Crippen LogP contribution in [0.3, 0.4) is 0 Å². The van der Waals surface area contributed by atoms with Gasteiger partial charge < -0.3 is 4.74 Å². The number of hydrogen-bond donors (Lipinski definition) is 0. The molecular weight excluding hydrogens is 270 g/mol. The Balaban J connectivity index is 1.99. The van der Waals surface area contributed by atoms with E-state index in [1.807, 2.05) is 25.1 Å². The fraction of sp³-hybridized carbons (Fsp3) is 0.267. The molecule has 6 heteroatoms. The lowest BCUT2D eigenvalue weighted by Gasteiger charge is -2.33. The Bertz CT molecular complexity index is 694. The van der Waals surface area contributed by atoms with Crippen molar-refractivity contribution in [1.29, 1.82) is 0 Å². The summed E-state index contributed by atoms with van der Waals surface area (Å²) in [7, 11) is 0. The zero-order valence-electron chi connectivity index (χ0n) is 11.8. The van der Waals surface area contributed by atoms with E-state index in [0.717, 1.165) is 5.56 Å². The standard InChI is InChI=1S/C15H15N3O3/c1-10-3-4-13-12(7-10)18(14(19)8-21-13)11(2)15(20)17-6-5-16-9-17/h3-7,9,11H,8H2,1-2H3. The van der Waals surface area contributed by atoms with Crippen molar-refractivity contribution < 1.29 is 14.3 Å². The van der Waals surface area contributed by atoms with Crippen LogP contribution in [-0.4, -0.2) is 34.0 Å². The van der Waals surface area contributed by atoms with Crippen molar-refractivity contribution >= 4 is 17.5 Å². The highest BCUT2D eigenvalue weighted by molar-refractivity contribution is 6.04. The maximum atomic E-state index is 12.4. The maximum absolute atomic E-state index is 12.4. The molecule has 1 unspecified atom stereocenters. The van der Waals surface area contributed by atoms with E-state index in [1.165, 1.54) is 22.0 Å². The zero-order valence-corrected chi connectivity index (χ0v) is 11.8. The van der Waals surface area contributed by atoms with Crippen LogP contribution in [0.2, 0.25) is 0 Å². The molecule has 1 aromatic carbocycles. The predicted octanol–water partition coefficient (Wildman–Crippen LogP) is 1.65. The summed E-state index contributed by atoms with van der Waals surface area (Å²) in [6, 6.07) is 4.95. The number of ether oxygens (including phenoxy) is 1. The molecule has 1 amide bonds. The quantitative estimate of drug-likeness (QED) is 0.841. The summed E-state index contributed by atoms with van der Waals surface area (Å²) < 4.78 is 6.80. The summed E-state index contributed by atoms with van der Waals surface area (Å²) in [5, 5.41) is 0. The number of rotatable bonds is 2. The Hall–Kier alpha value is -2.63. The minimum Gasteiger partial charge on any atom is -0.482 e. The SMILES string of the molecule is Cc1ccc2c(c1)N(C(C)C(=O)n1ccnc1)C(=O)CO2. The van der Waals surface area contributed by atoms with Gasteiger partial charge in [-0.05, 0) is 31.5 Å². The molecule has 108 valence electrons. The normalized spacial score (nSPS) is 15.3. The Morgan fingerprint density at radius 3 is 2.95 bits per heavy atom. The van der Waals surface area contributed by atoms with Gasteiger partial charge in [0.1, 0.15) is 18.1 Å². The molecule has 21 heavy (non-hydrogen) atoms. The van der Waals surface area contributed by atoms with E-state index in [1.54, 1.807) is 13.1 Å². The van der Waals surface area contributed by atoms with Crippen molar-refractivity contribution in [2.75, 3.05) is 11.5 Å². The van der Waals surface area contributed by atoms with E-state index in [0.29, 0.717) is 11.4 Å². The van der Waals surface area contributed by atoms with Crippen LogP contribution in [0.25, 0.3) is 0 Å². The van der Waals surface area contributed by atoms with E-state index in [-0.39, 0.29) is 18.4 Å². The molecule has 0 saturated heterocycles. The molecule has 1 aromatic heterocycles. The minimum absolute atomic E-state index is 0.0579. The number of aryl methyl sites for hydroxylation is 1. The van der Waals surface area contributed by atoms with Crippen LogP contribution < -0.4 is 9.64 Å². The summed E-state index contributed by atoms with van der Waals surface area (Å²) in [6.07, 6.45) is 4.53. The Morgan fingerprint density at radius 2 is 2.24 bits per heavy atom. The molecule has 0 spiro atoms. The third kappa shape index (κ3) is 2.29. The summed E-state index contributed by atoms with van der Waals surface area (Å²) in [6.45, 7) is 3.58. The van der Waals surface area contributed by atoms with Gasteiger partial charge in [0.2, 0.25) is 0 Å². The first-order valence-electron chi connectivity index (χ1n) is 6.65. The third-order valence-electron chi connectivity index (χ3n) is 3.50. The predicted molar refractivity (Wildman–Crippen MR) is 76.5 cm³/mol. The Kier molecular flexibility index (Phi) is 3.21.